The molecule has 0 fully saturated rings. The zero-order chi connectivity index (χ0) is 13.9. The summed E-state index contributed by atoms with van der Waals surface area (Å²) >= 11 is 0. The Balaban J connectivity index is 1.88. The fourth-order valence-electron chi connectivity index (χ4n) is 1.96. The Morgan fingerprint density at radius 1 is 1.20 bits per heavy atom. The van der Waals surface area contributed by atoms with E-state index >= 15 is 0 Å². The molecule has 0 aliphatic carbocycles. The van der Waals surface area contributed by atoms with E-state index in [0.29, 0.717) is 16.8 Å². The minimum atomic E-state index is -0.225. The van der Waals surface area contributed by atoms with Gasteiger partial charge in [-0.05, 0) is 30.3 Å². The van der Waals surface area contributed by atoms with Crippen LogP contribution in [0.4, 0.5) is 5.69 Å². The van der Waals surface area contributed by atoms with Gasteiger partial charge in [0.05, 0.1) is 29.0 Å². The Bertz CT molecular complexity index is 812. The molecule has 96 valence electrons. The normalized spacial score (nSPS) is 10.2. The molecule has 0 radical (unpaired) electrons. The standard InChI is InChI=1S/C15H10N4O/c16-8-10-4-6-11(7-5-10)15(20)18-13-3-1-2-12-9-17-19-14(12)13/h1-7,9H,(H,17,19)(H,18,20). The van der Waals surface area contributed by atoms with Crippen LogP contribution in [-0.2, 0) is 0 Å². The van der Waals surface area contributed by atoms with Crippen molar-refractivity contribution in [2.75, 3.05) is 5.32 Å². The Morgan fingerprint density at radius 2 is 2.00 bits per heavy atom. The van der Waals surface area contributed by atoms with E-state index in [9.17, 15) is 4.79 Å². The van der Waals surface area contributed by atoms with Gasteiger partial charge >= 0.3 is 0 Å². The molecule has 0 aliphatic rings. The van der Waals surface area contributed by atoms with E-state index in [-0.39, 0.29) is 5.91 Å². The van der Waals surface area contributed by atoms with Crippen LogP contribution in [0.15, 0.2) is 48.7 Å². The zero-order valence-corrected chi connectivity index (χ0v) is 10.4. The molecule has 3 rings (SSSR count). The number of anilines is 1. The number of nitrogens with one attached hydrogen (secondary N) is 2. The van der Waals surface area contributed by atoms with Crippen LogP contribution in [0.2, 0.25) is 0 Å². The average Bonchev–Trinajstić information content (AvgIpc) is 2.97. The molecule has 0 unspecified atom stereocenters. The highest BCUT2D eigenvalue weighted by molar-refractivity contribution is 6.08. The molecule has 0 saturated carbocycles. The highest BCUT2D eigenvalue weighted by Gasteiger charge is 2.09. The third-order valence-corrected chi connectivity index (χ3v) is 3.00. The molecular formula is C15H10N4O. The lowest BCUT2D eigenvalue weighted by molar-refractivity contribution is 0.102. The third kappa shape index (κ3) is 2.10. The quantitative estimate of drug-likeness (QED) is 0.745. The molecule has 1 heterocycles. The van der Waals surface area contributed by atoms with Gasteiger partial charge < -0.3 is 5.32 Å². The van der Waals surface area contributed by atoms with Crippen molar-refractivity contribution in [3.05, 3.63) is 59.8 Å². The molecule has 20 heavy (non-hydrogen) atoms. The number of aromatic amines is 1. The van der Waals surface area contributed by atoms with Gasteiger partial charge in [-0.25, -0.2) is 0 Å². The highest BCUT2D eigenvalue weighted by Crippen LogP contribution is 2.21. The zero-order valence-electron chi connectivity index (χ0n) is 10.4. The number of amides is 1. The number of rotatable bonds is 2. The molecule has 3 aromatic rings. The van der Waals surface area contributed by atoms with E-state index in [0.717, 1.165) is 10.9 Å². The Morgan fingerprint density at radius 3 is 2.75 bits per heavy atom. The Hall–Kier alpha value is -3.13. The number of para-hydroxylation sites is 1. The number of nitrogens with zero attached hydrogens (tertiary/aromatic N) is 2. The van der Waals surface area contributed by atoms with Crippen molar-refractivity contribution in [3.8, 4) is 6.07 Å². The third-order valence-electron chi connectivity index (χ3n) is 3.00. The minimum Gasteiger partial charge on any atom is -0.320 e. The van der Waals surface area contributed by atoms with Crippen molar-refractivity contribution in [1.29, 1.82) is 5.26 Å². The number of hydrogen-bond donors (Lipinski definition) is 2. The van der Waals surface area contributed by atoms with Crippen LogP contribution >= 0.6 is 0 Å². The molecule has 0 atom stereocenters. The van der Waals surface area contributed by atoms with Crippen molar-refractivity contribution < 1.29 is 4.79 Å². The van der Waals surface area contributed by atoms with Crippen LogP contribution in [0, 0.1) is 11.3 Å². The second kappa shape index (κ2) is 4.86. The number of fused-ring (bicyclic) bond motifs is 1. The summed E-state index contributed by atoms with van der Waals surface area (Å²) in [5.41, 5.74) is 2.49. The van der Waals surface area contributed by atoms with Gasteiger partial charge in [0, 0.05) is 10.9 Å². The van der Waals surface area contributed by atoms with Gasteiger partial charge in [-0.1, -0.05) is 12.1 Å². The summed E-state index contributed by atoms with van der Waals surface area (Å²) in [4.78, 5) is 12.2. The fourth-order valence-corrected chi connectivity index (χ4v) is 1.96. The summed E-state index contributed by atoms with van der Waals surface area (Å²) in [6, 6.07) is 14.1. The van der Waals surface area contributed by atoms with Crippen LogP contribution < -0.4 is 5.32 Å². The van der Waals surface area contributed by atoms with Crippen LogP contribution in [0.25, 0.3) is 10.9 Å². The van der Waals surface area contributed by atoms with E-state index in [1.54, 1.807) is 30.5 Å². The maximum atomic E-state index is 12.2. The van der Waals surface area contributed by atoms with Crippen molar-refractivity contribution in [2.24, 2.45) is 0 Å². The molecule has 0 saturated heterocycles. The van der Waals surface area contributed by atoms with Crippen molar-refractivity contribution in [2.45, 2.75) is 0 Å². The van der Waals surface area contributed by atoms with Crippen molar-refractivity contribution >= 4 is 22.5 Å². The van der Waals surface area contributed by atoms with Crippen molar-refractivity contribution in [1.82, 2.24) is 10.2 Å². The molecule has 2 N–H and O–H groups in total. The number of nitriles is 1. The number of benzene rings is 2. The SMILES string of the molecule is N#Cc1ccc(C(=O)Nc2cccc3cn[nH]c23)cc1. The summed E-state index contributed by atoms with van der Waals surface area (Å²) in [6.07, 6.45) is 1.70. The molecule has 0 bridgehead atoms. The molecule has 5 nitrogen and oxygen atoms in total. The molecule has 1 amide bonds. The van der Waals surface area contributed by atoms with Gasteiger partial charge in [-0.2, -0.15) is 10.4 Å². The van der Waals surface area contributed by atoms with Crippen LogP contribution in [0.5, 0.6) is 0 Å². The number of carbonyl (C=O) groups is 1. The lowest BCUT2D eigenvalue weighted by atomic mass is 10.1. The number of aromatic nitrogens is 2. The second-order valence-electron chi connectivity index (χ2n) is 4.28. The van der Waals surface area contributed by atoms with Gasteiger partial charge in [-0.3, -0.25) is 9.89 Å². The number of H-pyrrole nitrogens is 1. The molecule has 0 aliphatic heterocycles. The lowest BCUT2D eigenvalue weighted by Crippen LogP contribution is -2.12. The first-order valence-electron chi connectivity index (χ1n) is 6.01. The first-order valence-corrected chi connectivity index (χ1v) is 6.01. The van der Waals surface area contributed by atoms with E-state index in [1.165, 1.54) is 0 Å². The van der Waals surface area contributed by atoms with Gasteiger partial charge in [0.2, 0.25) is 0 Å². The molecule has 2 aromatic carbocycles. The van der Waals surface area contributed by atoms with Crippen LogP contribution in [0.3, 0.4) is 0 Å². The summed E-state index contributed by atoms with van der Waals surface area (Å²) in [5, 5.41) is 19.3. The van der Waals surface area contributed by atoms with Crippen LogP contribution in [0.1, 0.15) is 15.9 Å². The maximum Gasteiger partial charge on any atom is 0.255 e. The van der Waals surface area contributed by atoms with Gasteiger partial charge in [0.15, 0.2) is 0 Å². The predicted molar refractivity (Wildman–Crippen MR) is 75.2 cm³/mol. The van der Waals surface area contributed by atoms with E-state index < -0.39 is 0 Å². The largest absolute Gasteiger partial charge is 0.320 e. The average molecular weight is 262 g/mol. The number of carbonyl (C=O) groups excluding carboxylic acids is 1. The molecule has 1 aromatic heterocycles. The highest BCUT2D eigenvalue weighted by atomic mass is 16.1. The van der Waals surface area contributed by atoms with Gasteiger partial charge in [0.25, 0.3) is 5.91 Å². The maximum absolute atomic E-state index is 12.2. The topological polar surface area (TPSA) is 81.6 Å². The van der Waals surface area contributed by atoms with E-state index in [4.69, 9.17) is 5.26 Å². The first-order chi connectivity index (χ1) is 9.78. The Kier molecular flexibility index (Phi) is 2.90. The lowest BCUT2D eigenvalue weighted by Gasteiger charge is -2.06. The van der Waals surface area contributed by atoms with Crippen LogP contribution in [-0.4, -0.2) is 16.1 Å². The molecule has 0 spiro atoms. The summed E-state index contributed by atoms with van der Waals surface area (Å²) in [5.74, 6) is -0.225. The fraction of sp³-hybridized carbons (Fsp3) is 0. The monoisotopic (exact) mass is 262 g/mol. The van der Waals surface area contributed by atoms with Gasteiger partial charge in [0.1, 0.15) is 0 Å². The van der Waals surface area contributed by atoms with Crippen molar-refractivity contribution in [3.63, 3.8) is 0 Å². The summed E-state index contributed by atoms with van der Waals surface area (Å²) in [6.45, 7) is 0. The van der Waals surface area contributed by atoms with E-state index in [2.05, 4.69) is 15.5 Å². The smallest absolute Gasteiger partial charge is 0.255 e. The summed E-state index contributed by atoms with van der Waals surface area (Å²) in [7, 11) is 0. The van der Waals surface area contributed by atoms with Gasteiger partial charge in [-0.15, -0.1) is 0 Å². The summed E-state index contributed by atoms with van der Waals surface area (Å²) < 4.78 is 0. The minimum absolute atomic E-state index is 0.225. The number of hydrogen-bond acceptors (Lipinski definition) is 3. The predicted octanol–water partition coefficient (Wildman–Crippen LogP) is 2.69. The molecular weight excluding hydrogens is 252 g/mol. The van der Waals surface area contributed by atoms with E-state index in [1.807, 2.05) is 24.3 Å². The molecule has 5 heteroatoms. The Labute approximate surface area is 114 Å². The second-order valence-corrected chi connectivity index (χ2v) is 4.28. The first kappa shape index (κ1) is 11.9.